The first-order chi connectivity index (χ1) is 18.1. The van der Waals surface area contributed by atoms with E-state index in [1.54, 1.807) is 18.2 Å². The summed E-state index contributed by atoms with van der Waals surface area (Å²) in [7, 11) is -4.13. The van der Waals surface area contributed by atoms with Crippen LogP contribution in [-0.2, 0) is 16.0 Å². The Balaban J connectivity index is 1.52. The Hall–Kier alpha value is -2.70. The Morgan fingerprint density at radius 1 is 1.13 bits per heavy atom. The Kier molecular flexibility index (Phi) is 8.04. The molecule has 1 aromatic heterocycles. The van der Waals surface area contributed by atoms with E-state index in [1.165, 1.54) is 31.0 Å². The minimum Gasteiger partial charge on any atom is -0.337 e. The predicted octanol–water partition coefficient (Wildman–Crippen LogP) is 5.98. The minimum absolute atomic E-state index is 0.00469. The van der Waals surface area contributed by atoms with Gasteiger partial charge in [-0.1, -0.05) is 33.6 Å². The largest absolute Gasteiger partial charge is 0.416 e. The molecule has 0 aliphatic carbocycles. The van der Waals surface area contributed by atoms with Crippen molar-refractivity contribution in [3.8, 4) is 11.3 Å². The molecule has 1 aliphatic heterocycles. The van der Waals surface area contributed by atoms with Crippen molar-refractivity contribution in [1.82, 2.24) is 14.9 Å². The molecule has 208 valence electrons. The van der Waals surface area contributed by atoms with Crippen molar-refractivity contribution in [2.24, 2.45) is 5.92 Å². The molecule has 1 N–H and O–H groups in total. The summed E-state index contributed by atoms with van der Waals surface area (Å²) in [5, 5.41) is 0.283. The molecule has 1 amide bonds. The van der Waals surface area contributed by atoms with Gasteiger partial charge >= 0.3 is 6.18 Å². The molecule has 1 saturated heterocycles. The molecule has 39 heavy (non-hydrogen) atoms. The Labute approximate surface area is 236 Å². The van der Waals surface area contributed by atoms with Crippen LogP contribution in [0.5, 0.6) is 0 Å². The number of likely N-dealkylation sites (tertiary alicyclic amines) is 1. The molecule has 0 radical (unpaired) electrons. The number of carbonyl (C=O) groups excluding carboxylic acids is 1. The summed E-state index contributed by atoms with van der Waals surface area (Å²) in [6.45, 7) is 3.42. The number of amides is 1. The molecule has 2 aromatic carbocycles. The van der Waals surface area contributed by atoms with Crippen molar-refractivity contribution in [2.45, 2.75) is 42.5 Å². The number of aromatic amines is 1. The van der Waals surface area contributed by atoms with Gasteiger partial charge in [-0.2, -0.15) is 13.2 Å². The zero-order valence-corrected chi connectivity index (χ0v) is 24.0. The lowest BCUT2D eigenvalue weighted by molar-refractivity contribution is -0.137. The van der Waals surface area contributed by atoms with E-state index < -0.39 is 48.6 Å². The number of hydrogen-bond donors (Lipinski definition) is 1. The Bertz CT molecular complexity index is 1580. The van der Waals surface area contributed by atoms with Crippen molar-refractivity contribution >= 4 is 43.3 Å². The van der Waals surface area contributed by atoms with Crippen molar-refractivity contribution in [3.05, 3.63) is 79.8 Å². The molecule has 13 heteroatoms. The predicted molar refractivity (Wildman–Crippen MR) is 144 cm³/mol. The highest BCUT2D eigenvalue weighted by molar-refractivity contribution is 9.10. The van der Waals surface area contributed by atoms with E-state index in [0.29, 0.717) is 28.9 Å². The number of nitrogens with one attached hydrogen (secondary N) is 1. The summed E-state index contributed by atoms with van der Waals surface area (Å²) < 4.78 is 65.7. The van der Waals surface area contributed by atoms with Gasteiger partial charge in [-0.05, 0) is 69.0 Å². The number of rotatable bonds is 5. The summed E-state index contributed by atoms with van der Waals surface area (Å²) in [5.41, 5.74) is -1.23. The van der Waals surface area contributed by atoms with Crippen LogP contribution in [0.25, 0.3) is 11.3 Å². The maximum atomic E-state index is 13.4. The van der Waals surface area contributed by atoms with Crippen molar-refractivity contribution < 1.29 is 26.4 Å². The third-order valence-corrected chi connectivity index (χ3v) is 10.5. The second kappa shape index (κ2) is 10.7. The minimum atomic E-state index is -4.67. The average molecular weight is 647 g/mol. The number of H-pyrrole nitrogens is 1. The number of carbonyl (C=O) groups is 1. The molecule has 4 rings (SSSR count). The molecule has 0 spiro atoms. The molecule has 2 heterocycles. The summed E-state index contributed by atoms with van der Waals surface area (Å²) >= 11 is 9.56. The molecule has 1 aliphatic rings. The second-order valence-corrected chi connectivity index (χ2v) is 13.6. The van der Waals surface area contributed by atoms with Gasteiger partial charge in [-0.3, -0.25) is 9.59 Å². The van der Waals surface area contributed by atoms with Crippen molar-refractivity contribution in [2.75, 3.05) is 13.1 Å². The van der Waals surface area contributed by atoms with Crippen molar-refractivity contribution in [3.63, 3.8) is 0 Å². The van der Waals surface area contributed by atoms with Crippen LogP contribution in [0, 0.1) is 5.92 Å². The van der Waals surface area contributed by atoms with Gasteiger partial charge in [0.2, 0.25) is 0 Å². The highest BCUT2D eigenvalue weighted by Gasteiger charge is 2.45. The summed E-state index contributed by atoms with van der Waals surface area (Å²) in [5.74, 6) is -0.865. The zero-order chi connectivity index (χ0) is 28.8. The van der Waals surface area contributed by atoms with E-state index in [4.69, 9.17) is 11.6 Å². The quantitative estimate of drug-likeness (QED) is 0.368. The van der Waals surface area contributed by atoms with Gasteiger partial charge in [0.1, 0.15) is 11.4 Å². The van der Waals surface area contributed by atoms with E-state index in [0.717, 1.165) is 12.1 Å². The zero-order valence-electron chi connectivity index (χ0n) is 20.9. The number of nitrogens with zero attached hydrogens (tertiary/aromatic N) is 2. The number of benzene rings is 2. The molecule has 0 unspecified atom stereocenters. The number of piperidine rings is 1. The average Bonchev–Trinajstić information content (AvgIpc) is 2.89. The van der Waals surface area contributed by atoms with Crippen LogP contribution >= 0.6 is 27.5 Å². The van der Waals surface area contributed by atoms with Crippen LogP contribution in [0.2, 0.25) is 5.02 Å². The van der Waals surface area contributed by atoms with Crippen LogP contribution in [0.15, 0.2) is 62.8 Å². The molecule has 1 fully saturated rings. The number of sulfone groups is 1. The van der Waals surface area contributed by atoms with Crippen LogP contribution in [0.3, 0.4) is 0 Å². The summed E-state index contributed by atoms with van der Waals surface area (Å²) in [6.07, 6.45) is -2.83. The number of alkyl halides is 3. The highest BCUT2D eigenvalue weighted by Crippen LogP contribution is 2.39. The second-order valence-electron chi connectivity index (χ2n) is 9.79. The van der Waals surface area contributed by atoms with Gasteiger partial charge in [0.15, 0.2) is 9.84 Å². The Morgan fingerprint density at radius 3 is 2.44 bits per heavy atom. The van der Waals surface area contributed by atoms with Gasteiger partial charge in [0.25, 0.3) is 11.5 Å². The molecule has 7 nitrogen and oxygen atoms in total. The topological polar surface area (TPSA) is 100 Å². The standard InChI is InChI=1S/C26H24BrClF3N3O4S/c1-25(2,39(37,38)18-5-3-4-16(12-18)26(29,30)31)15-8-10-34(11-9-15)24(36)21-14-32-23(35)22(33-21)19-13-17(27)6-7-20(19)28/h3-7,12-15H,8-11H2,1-2H3,(H,32,35). The number of hydrogen-bond acceptors (Lipinski definition) is 5. The lowest BCUT2D eigenvalue weighted by Gasteiger charge is -2.40. The van der Waals surface area contributed by atoms with E-state index >= 15 is 0 Å². The van der Waals surface area contributed by atoms with Crippen molar-refractivity contribution in [1.29, 1.82) is 0 Å². The van der Waals surface area contributed by atoms with Gasteiger partial charge in [0, 0.05) is 29.3 Å². The van der Waals surface area contributed by atoms with Gasteiger partial charge in [-0.15, -0.1) is 0 Å². The van der Waals surface area contributed by atoms with Gasteiger partial charge < -0.3 is 9.88 Å². The van der Waals surface area contributed by atoms with E-state index in [2.05, 4.69) is 25.9 Å². The first kappa shape index (κ1) is 29.3. The third-order valence-electron chi connectivity index (χ3n) is 7.12. The lowest BCUT2D eigenvalue weighted by Crippen LogP contribution is -2.47. The first-order valence-corrected chi connectivity index (χ1v) is 14.5. The maximum absolute atomic E-state index is 13.4. The summed E-state index contributed by atoms with van der Waals surface area (Å²) in [6, 6.07) is 8.66. The normalized spacial score (nSPS) is 15.4. The van der Waals surface area contributed by atoms with Gasteiger partial charge in [-0.25, -0.2) is 13.4 Å². The van der Waals surface area contributed by atoms with E-state index in [9.17, 15) is 31.2 Å². The number of aromatic nitrogens is 2. The highest BCUT2D eigenvalue weighted by atomic mass is 79.9. The van der Waals surface area contributed by atoms with Crippen LogP contribution in [-0.4, -0.2) is 47.0 Å². The monoisotopic (exact) mass is 645 g/mol. The third kappa shape index (κ3) is 5.78. The summed E-state index contributed by atoms with van der Waals surface area (Å²) in [4.78, 5) is 33.6. The fraction of sp³-hybridized carbons (Fsp3) is 0.346. The molecular weight excluding hydrogens is 623 g/mol. The SMILES string of the molecule is CC(C)(C1CCN(C(=O)c2c[nH]c(=O)c(-c3cc(Br)ccc3Cl)n2)CC1)S(=O)(=O)c1cccc(C(F)(F)F)c1. The fourth-order valence-electron chi connectivity index (χ4n) is 4.68. The van der Waals surface area contributed by atoms with E-state index in [1.807, 2.05) is 0 Å². The smallest absolute Gasteiger partial charge is 0.337 e. The molecular formula is C26H24BrClF3N3O4S. The molecule has 3 aromatic rings. The maximum Gasteiger partial charge on any atom is 0.416 e. The first-order valence-electron chi connectivity index (χ1n) is 11.9. The van der Waals surface area contributed by atoms with Crippen LogP contribution in [0.1, 0.15) is 42.7 Å². The lowest BCUT2D eigenvalue weighted by atomic mass is 9.86. The van der Waals surface area contributed by atoms with Gasteiger partial charge in [0.05, 0.1) is 20.2 Å². The Morgan fingerprint density at radius 2 is 1.79 bits per heavy atom. The van der Waals surface area contributed by atoms with Crippen LogP contribution in [0.4, 0.5) is 13.2 Å². The number of halogens is 5. The van der Waals surface area contributed by atoms with Crippen LogP contribution < -0.4 is 5.56 Å². The molecule has 0 bridgehead atoms. The molecule has 0 saturated carbocycles. The van der Waals surface area contributed by atoms with E-state index in [-0.39, 0.29) is 29.5 Å². The molecule has 0 atom stereocenters. The fourth-order valence-corrected chi connectivity index (χ4v) is 7.07.